The zero-order valence-corrected chi connectivity index (χ0v) is 16.6. The van der Waals surface area contributed by atoms with Crippen molar-refractivity contribution < 1.29 is 23.5 Å². The Bertz CT molecular complexity index is 1150. The highest BCUT2D eigenvalue weighted by atomic mass is 16.5. The van der Waals surface area contributed by atoms with Crippen LogP contribution >= 0.6 is 0 Å². The number of hydrogen-bond donors (Lipinski definition) is 2. The number of furan rings is 1. The first-order valence-corrected chi connectivity index (χ1v) is 9.47. The molecule has 1 aliphatic heterocycles. The van der Waals surface area contributed by atoms with Gasteiger partial charge in [0, 0.05) is 17.3 Å². The molecule has 2 heterocycles. The molecule has 0 radical (unpaired) electrons. The Morgan fingerprint density at radius 1 is 1.06 bits per heavy atom. The third-order valence-electron chi connectivity index (χ3n) is 4.61. The summed E-state index contributed by atoms with van der Waals surface area (Å²) < 4.78 is 10.9. The summed E-state index contributed by atoms with van der Waals surface area (Å²) in [6, 6.07) is 18.9. The summed E-state index contributed by atoms with van der Waals surface area (Å²) in [6.45, 7) is -0.397. The largest absolute Gasteiger partial charge is 0.497 e. The molecule has 1 aliphatic rings. The summed E-state index contributed by atoms with van der Waals surface area (Å²) in [5, 5.41) is 5.12. The lowest BCUT2D eigenvalue weighted by Crippen LogP contribution is -2.38. The van der Waals surface area contributed by atoms with E-state index in [0.717, 1.165) is 16.2 Å². The molecular formula is C23H19N3O5. The standard InChI is InChI=1S/C23H19N3O5/c1-30-17-9-7-15(8-10-17)20-12-11-18(31-20)13-19-22(28)26(23(29)25-19)14-21(27)24-16-5-3-2-4-6-16/h2-13H,14H2,1H3,(H,24,27)(H,25,29)/b19-13-. The third-order valence-corrected chi connectivity index (χ3v) is 4.61. The van der Waals surface area contributed by atoms with Crippen molar-refractivity contribution in [2.75, 3.05) is 19.0 Å². The highest BCUT2D eigenvalue weighted by Gasteiger charge is 2.35. The van der Waals surface area contributed by atoms with Gasteiger partial charge in [0.2, 0.25) is 5.91 Å². The van der Waals surface area contributed by atoms with Crippen LogP contribution in [0, 0.1) is 0 Å². The Balaban J connectivity index is 1.44. The molecule has 1 fully saturated rings. The maximum atomic E-state index is 12.6. The Morgan fingerprint density at radius 2 is 1.81 bits per heavy atom. The topological polar surface area (TPSA) is 101 Å². The van der Waals surface area contributed by atoms with Crippen LogP contribution in [0.3, 0.4) is 0 Å². The summed E-state index contributed by atoms with van der Waals surface area (Å²) in [6.07, 6.45) is 1.43. The number of amides is 4. The minimum Gasteiger partial charge on any atom is -0.497 e. The molecular weight excluding hydrogens is 398 g/mol. The van der Waals surface area contributed by atoms with Crippen molar-refractivity contribution >= 4 is 29.6 Å². The van der Waals surface area contributed by atoms with Crippen molar-refractivity contribution in [3.63, 3.8) is 0 Å². The third kappa shape index (κ3) is 4.48. The van der Waals surface area contributed by atoms with Gasteiger partial charge in [0.05, 0.1) is 7.11 Å². The van der Waals surface area contributed by atoms with Crippen molar-refractivity contribution in [1.82, 2.24) is 10.2 Å². The monoisotopic (exact) mass is 417 g/mol. The molecule has 0 bridgehead atoms. The fourth-order valence-electron chi connectivity index (χ4n) is 3.06. The molecule has 3 aromatic rings. The van der Waals surface area contributed by atoms with E-state index in [0.29, 0.717) is 17.2 Å². The molecule has 0 saturated carbocycles. The average Bonchev–Trinajstić information content (AvgIpc) is 3.35. The fourth-order valence-corrected chi connectivity index (χ4v) is 3.06. The van der Waals surface area contributed by atoms with Gasteiger partial charge in [-0.15, -0.1) is 0 Å². The fraction of sp³-hybridized carbons (Fsp3) is 0.0870. The number of ether oxygens (including phenoxy) is 1. The molecule has 31 heavy (non-hydrogen) atoms. The number of carbonyl (C=O) groups is 3. The Morgan fingerprint density at radius 3 is 2.52 bits per heavy atom. The van der Waals surface area contributed by atoms with Gasteiger partial charge in [-0.3, -0.25) is 9.59 Å². The molecule has 2 aromatic carbocycles. The van der Waals surface area contributed by atoms with E-state index in [-0.39, 0.29) is 5.70 Å². The number of nitrogens with one attached hydrogen (secondary N) is 2. The minimum absolute atomic E-state index is 0.0353. The molecule has 1 aromatic heterocycles. The number of carbonyl (C=O) groups excluding carboxylic acids is 3. The SMILES string of the molecule is COc1ccc(-c2ccc(/C=C3\NC(=O)N(CC(=O)Nc4ccccc4)C3=O)o2)cc1. The molecule has 4 amide bonds. The summed E-state index contributed by atoms with van der Waals surface area (Å²) >= 11 is 0. The maximum absolute atomic E-state index is 12.6. The molecule has 0 aliphatic carbocycles. The lowest BCUT2D eigenvalue weighted by atomic mass is 10.2. The van der Waals surface area contributed by atoms with Crippen molar-refractivity contribution in [2.24, 2.45) is 0 Å². The van der Waals surface area contributed by atoms with Crippen molar-refractivity contribution in [3.8, 4) is 17.1 Å². The lowest BCUT2D eigenvalue weighted by molar-refractivity contribution is -0.127. The van der Waals surface area contributed by atoms with E-state index >= 15 is 0 Å². The normalized spacial score (nSPS) is 14.6. The molecule has 1 saturated heterocycles. The van der Waals surface area contributed by atoms with E-state index in [1.807, 2.05) is 30.3 Å². The second-order valence-electron chi connectivity index (χ2n) is 6.72. The number of anilines is 1. The smallest absolute Gasteiger partial charge is 0.329 e. The number of para-hydroxylation sites is 1. The average molecular weight is 417 g/mol. The van der Waals surface area contributed by atoms with Gasteiger partial charge in [-0.25, -0.2) is 9.69 Å². The van der Waals surface area contributed by atoms with Gasteiger partial charge in [-0.2, -0.15) is 0 Å². The van der Waals surface area contributed by atoms with E-state index in [1.165, 1.54) is 6.08 Å². The van der Waals surface area contributed by atoms with E-state index in [2.05, 4.69) is 10.6 Å². The summed E-state index contributed by atoms with van der Waals surface area (Å²) in [4.78, 5) is 37.8. The van der Waals surface area contributed by atoms with E-state index in [4.69, 9.17) is 9.15 Å². The molecule has 4 rings (SSSR count). The van der Waals surface area contributed by atoms with Crippen LogP contribution in [0.4, 0.5) is 10.5 Å². The van der Waals surface area contributed by atoms with E-state index in [9.17, 15) is 14.4 Å². The molecule has 8 heteroatoms. The number of hydrogen-bond acceptors (Lipinski definition) is 5. The number of benzene rings is 2. The van der Waals surface area contributed by atoms with Crippen LogP contribution < -0.4 is 15.4 Å². The van der Waals surface area contributed by atoms with Crippen LogP contribution in [-0.4, -0.2) is 36.4 Å². The van der Waals surface area contributed by atoms with Gasteiger partial charge < -0.3 is 19.8 Å². The van der Waals surface area contributed by atoms with Crippen molar-refractivity contribution in [2.45, 2.75) is 0 Å². The predicted molar refractivity (Wildman–Crippen MR) is 114 cm³/mol. The minimum atomic E-state index is -0.665. The first-order chi connectivity index (χ1) is 15.0. The van der Waals surface area contributed by atoms with Gasteiger partial charge in [-0.1, -0.05) is 18.2 Å². The second kappa shape index (κ2) is 8.58. The zero-order valence-electron chi connectivity index (χ0n) is 16.6. The van der Waals surface area contributed by atoms with Crippen LogP contribution in [0.1, 0.15) is 5.76 Å². The summed E-state index contributed by atoms with van der Waals surface area (Å²) in [7, 11) is 1.59. The molecule has 0 spiro atoms. The van der Waals surface area contributed by atoms with Crippen LogP contribution in [0.2, 0.25) is 0 Å². The zero-order chi connectivity index (χ0) is 21.8. The Kier molecular flexibility index (Phi) is 5.53. The number of urea groups is 1. The maximum Gasteiger partial charge on any atom is 0.329 e. The molecule has 0 atom stereocenters. The summed E-state index contributed by atoms with van der Waals surface area (Å²) in [5.41, 5.74) is 1.46. The Labute approximate surface area is 178 Å². The lowest BCUT2D eigenvalue weighted by Gasteiger charge is -2.11. The molecule has 2 N–H and O–H groups in total. The highest BCUT2D eigenvalue weighted by molar-refractivity contribution is 6.15. The van der Waals surface area contributed by atoms with Crippen LogP contribution in [0.25, 0.3) is 17.4 Å². The molecule has 156 valence electrons. The predicted octanol–water partition coefficient (Wildman–Crippen LogP) is 3.49. The van der Waals surface area contributed by atoms with Gasteiger partial charge in [-0.05, 0) is 48.5 Å². The molecule has 0 unspecified atom stereocenters. The number of methoxy groups -OCH3 is 1. The van der Waals surface area contributed by atoms with Gasteiger partial charge in [0.25, 0.3) is 5.91 Å². The quantitative estimate of drug-likeness (QED) is 0.472. The van der Waals surface area contributed by atoms with Crippen molar-refractivity contribution in [1.29, 1.82) is 0 Å². The van der Waals surface area contributed by atoms with Crippen LogP contribution in [0.5, 0.6) is 5.75 Å². The van der Waals surface area contributed by atoms with Crippen LogP contribution in [-0.2, 0) is 9.59 Å². The number of nitrogens with zero attached hydrogens (tertiary/aromatic N) is 1. The molecule has 8 nitrogen and oxygen atoms in total. The van der Waals surface area contributed by atoms with Gasteiger partial charge in [0.1, 0.15) is 29.5 Å². The summed E-state index contributed by atoms with van der Waals surface area (Å²) in [5.74, 6) is 0.648. The van der Waals surface area contributed by atoms with Crippen LogP contribution in [0.15, 0.2) is 76.8 Å². The van der Waals surface area contributed by atoms with Gasteiger partial charge >= 0.3 is 6.03 Å². The van der Waals surface area contributed by atoms with E-state index in [1.54, 1.807) is 43.5 Å². The number of imide groups is 1. The Hall–Kier alpha value is -4.33. The first-order valence-electron chi connectivity index (χ1n) is 9.47. The highest BCUT2D eigenvalue weighted by Crippen LogP contribution is 2.26. The second-order valence-corrected chi connectivity index (χ2v) is 6.72. The van der Waals surface area contributed by atoms with E-state index < -0.39 is 24.4 Å². The van der Waals surface area contributed by atoms with Gasteiger partial charge in [0.15, 0.2) is 0 Å². The number of rotatable bonds is 6. The van der Waals surface area contributed by atoms with Crippen molar-refractivity contribution in [3.05, 3.63) is 78.2 Å². The first kappa shape index (κ1) is 20.0.